The Labute approximate surface area is 103 Å². The third-order valence-corrected chi connectivity index (χ3v) is 2.89. The van der Waals surface area contributed by atoms with Gasteiger partial charge in [-0.3, -0.25) is 0 Å². The molecule has 0 amide bonds. The summed E-state index contributed by atoms with van der Waals surface area (Å²) in [5.74, 6) is 0. The van der Waals surface area contributed by atoms with E-state index in [2.05, 4.69) is 31.7 Å². The number of allylic oxidation sites excluding steroid dienone is 1. The summed E-state index contributed by atoms with van der Waals surface area (Å²) in [5.41, 5.74) is 3.30. The van der Waals surface area contributed by atoms with Crippen LogP contribution in [0.3, 0.4) is 0 Å². The summed E-state index contributed by atoms with van der Waals surface area (Å²) < 4.78 is 0. The first-order chi connectivity index (χ1) is 7.91. The minimum atomic E-state index is 1.21. The van der Waals surface area contributed by atoms with Crippen molar-refractivity contribution in [2.24, 2.45) is 0 Å². The molecule has 0 rings (SSSR count). The first-order valence-electron chi connectivity index (χ1n) is 7.31. The summed E-state index contributed by atoms with van der Waals surface area (Å²) in [4.78, 5) is 0. The molecule has 0 aromatic heterocycles. The second-order valence-electron chi connectivity index (χ2n) is 4.63. The Kier molecular flexibility index (Phi) is 14.1. The quantitative estimate of drug-likeness (QED) is 0.296. The zero-order chi connectivity index (χ0) is 11.9. The minimum Gasteiger partial charge on any atom is -0.130 e. The van der Waals surface area contributed by atoms with Gasteiger partial charge in [0.15, 0.2) is 0 Å². The lowest BCUT2D eigenvalue weighted by Crippen LogP contribution is -1.77. The highest BCUT2D eigenvalue weighted by Gasteiger charge is 1.87. The molecule has 0 atom stereocenters. The Morgan fingerprint density at radius 1 is 0.625 bits per heavy atom. The zero-order valence-electron chi connectivity index (χ0n) is 11.4. The van der Waals surface area contributed by atoms with E-state index in [9.17, 15) is 0 Å². The van der Waals surface area contributed by atoms with E-state index in [4.69, 9.17) is 0 Å². The van der Waals surface area contributed by atoms with Crippen molar-refractivity contribution in [3.05, 3.63) is 17.9 Å². The fraction of sp³-hybridized carbons (Fsp3) is 0.812. The summed E-state index contributed by atoms with van der Waals surface area (Å²) >= 11 is 0. The lowest BCUT2D eigenvalue weighted by atomic mass is 10.1. The smallest absolute Gasteiger partial charge is 0.0274 e. The normalized spacial score (nSPS) is 9.88. The van der Waals surface area contributed by atoms with Crippen molar-refractivity contribution in [3.8, 4) is 0 Å². The molecule has 0 radical (unpaired) electrons. The molecular weight excluding hydrogens is 192 g/mol. The van der Waals surface area contributed by atoms with Crippen molar-refractivity contribution in [1.29, 1.82) is 0 Å². The Balaban J connectivity index is 3.14. The first kappa shape index (κ1) is 15.5. The molecule has 94 valence electrons. The number of hydrogen-bond donors (Lipinski definition) is 0. The molecule has 0 fully saturated rings. The second kappa shape index (κ2) is 14.5. The van der Waals surface area contributed by atoms with Gasteiger partial charge in [-0.15, -0.1) is 5.73 Å². The molecular formula is C16H30. The van der Waals surface area contributed by atoms with Gasteiger partial charge < -0.3 is 0 Å². The van der Waals surface area contributed by atoms with E-state index >= 15 is 0 Å². The van der Waals surface area contributed by atoms with Gasteiger partial charge in [-0.1, -0.05) is 58.8 Å². The Hall–Kier alpha value is -0.480. The van der Waals surface area contributed by atoms with Gasteiger partial charge in [0.2, 0.25) is 0 Å². The lowest BCUT2D eigenvalue weighted by molar-refractivity contribution is 0.611. The van der Waals surface area contributed by atoms with Gasteiger partial charge in [-0.25, -0.2) is 0 Å². The van der Waals surface area contributed by atoms with Gasteiger partial charge >= 0.3 is 0 Å². The maximum absolute atomic E-state index is 3.30. The van der Waals surface area contributed by atoms with Crippen molar-refractivity contribution in [2.75, 3.05) is 0 Å². The van der Waals surface area contributed by atoms with Gasteiger partial charge in [-0.2, -0.15) is 0 Å². The second-order valence-corrected chi connectivity index (χ2v) is 4.63. The van der Waals surface area contributed by atoms with Crippen LogP contribution in [0.25, 0.3) is 0 Å². The molecule has 16 heavy (non-hydrogen) atoms. The van der Waals surface area contributed by atoms with Crippen molar-refractivity contribution < 1.29 is 0 Å². The fourth-order valence-electron chi connectivity index (χ4n) is 1.77. The van der Waals surface area contributed by atoms with Crippen LogP contribution in [0.2, 0.25) is 0 Å². The standard InChI is InChI=1S/C16H30/c1-3-5-7-9-11-13-15-16-14-12-10-8-6-4-2/h11,15H,3-10,12,14,16H2,1-2H3. The van der Waals surface area contributed by atoms with Crippen molar-refractivity contribution in [3.63, 3.8) is 0 Å². The highest BCUT2D eigenvalue weighted by molar-refractivity contribution is 4.84. The molecule has 0 aromatic rings. The highest BCUT2D eigenvalue weighted by atomic mass is 13.9. The summed E-state index contributed by atoms with van der Waals surface area (Å²) in [6.07, 6.45) is 19.2. The van der Waals surface area contributed by atoms with Crippen LogP contribution in [0, 0.1) is 0 Å². The predicted molar refractivity (Wildman–Crippen MR) is 74.8 cm³/mol. The van der Waals surface area contributed by atoms with Gasteiger partial charge in [0, 0.05) is 0 Å². The molecule has 0 aromatic carbocycles. The summed E-state index contributed by atoms with van der Waals surface area (Å²) in [7, 11) is 0. The summed E-state index contributed by atoms with van der Waals surface area (Å²) in [6.45, 7) is 4.52. The summed E-state index contributed by atoms with van der Waals surface area (Å²) in [6, 6.07) is 0. The summed E-state index contributed by atoms with van der Waals surface area (Å²) in [5, 5.41) is 0. The highest BCUT2D eigenvalue weighted by Crippen LogP contribution is 2.07. The molecule has 0 N–H and O–H groups in total. The molecule has 0 aliphatic carbocycles. The monoisotopic (exact) mass is 222 g/mol. The van der Waals surface area contributed by atoms with Crippen LogP contribution in [0.4, 0.5) is 0 Å². The van der Waals surface area contributed by atoms with Gasteiger partial charge in [0.25, 0.3) is 0 Å². The van der Waals surface area contributed by atoms with Crippen LogP contribution in [-0.4, -0.2) is 0 Å². The van der Waals surface area contributed by atoms with Crippen molar-refractivity contribution in [1.82, 2.24) is 0 Å². The average molecular weight is 222 g/mol. The van der Waals surface area contributed by atoms with Crippen LogP contribution in [0.5, 0.6) is 0 Å². The van der Waals surface area contributed by atoms with E-state index in [-0.39, 0.29) is 0 Å². The van der Waals surface area contributed by atoms with Crippen LogP contribution in [0.15, 0.2) is 17.9 Å². The van der Waals surface area contributed by atoms with Crippen molar-refractivity contribution >= 4 is 0 Å². The molecule has 0 aliphatic rings. The van der Waals surface area contributed by atoms with Gasteiger partial charge in [-0.05, 0) is 37.8 Å². The van der Waals surface area contributed by atoms with Crippen LogP contribution >= 0.6 is 0 Å². The van der Waals surface area contributed by atoms with Crippen LogP contribution < -0.4 is 0 Å². The van der Waals surface area contributed by atoms with E-state index in [1.54, 1.807) is 0 Å². The number of unbranched alkanes of at least 4 members (excludes halogenated alkanes) is 9. The van der Waals surface area contributed by atoms with E-state index in [1.165, 1.54) is 70.6 Å². The lowest BCUT2D eigenvalue weighted by Gasteiger charge is -1.96. The van der Waals surface area contributed by atoms with E-state index in [0.29, 0.717) is 0 Å². The third kappa shape index (κ3) is 13.5. The molecule has 0 heteroatoms. The first-order valence-corrected chi connectivity index (χ1v) is 7.31. The zero-order valence-corrected chi connectivity index (χ0v) is 11.4. The van der Waals surface area contributed by atoms with E-state index in [0.717, 1.165) is 0 Å². The fourth-order valence-corrected chi connectivity index (χ4v) is 1.77. The Morgan fingerprint density at radius 2 is 1.06 bits per heavy atom. The van der Waals surface area contributed by atoms with Crippen LogP contribution in [0.1, 0.15) is 84.5 Å². The number of rotatable bonds is 11. The molecule has 0 saturated carbocycles. The molecule has 0 spiro atoms. The Bertz CT molecular complexity index is 172. The molecule has 0 aliphatic heterocycles. The molecule has 0 unspecified atom stereocenters. The molecule has 0 bridgehead atoms. The molecule has 0 saturated heterocycles. The predicted octanol–water partition coefficient (Wildman–Crippen LogP) is 6.03. The van der Waals surface area contributed by atoms with Crippen molar-refractivity contribution in [2.45, 2.75) is 84.5 Å². The topological polar surface area (TPSA) is 0 Å². The third-order valence-electron chi connectivity index (χ3n) is 2.89. The Morgan fingerprint density at radius 3 is 1.69 bits per heavy atom. The largest absolute Gasteiger partial charge is 0.130 e. The molecule has 0 heterocycles. The molecule has 0 nitrogen and oxygen atoms in total. The average Bonchev–Trinajstić information content (AvgIpc) is 2.31. The number of hydrogen-bond acceptors (Lipinski definition) is 0. The maximum Gasteiger partial charge on any atom is -0.0274 e. The van der Waals surface area contributed by atoms with Crippen LogP contribution in [-0.2, 0) is 0 Å². The van der Waals surface area contributed by atoms with E-state index < -0.39 is 0 Å². The minimum absolute atomic E-state index is 1.21. The van der Waals surface area contributed by atoms with E-state index in [1.807, 2.05) is 0 Å². The SMILES string of the molecule is CCCCCC=C=CCCCCCCCC. The van der Waals surface area contributed by atoms with Gasteiger partial charge in [0.05, 0.1) is 0 Å². The van der Waals surface area contributed by atoms with Gasteiger partial charge in [0.1, 0.15) is 0 Å². The maximum atomic E-state index is 3.30.